The topological polar surface area (TPSA) is 55.8 Å². The second kappa shape index (κ2) is 35.8. The second-order valence-corrected chi connectivity index (χ2v) is 11.9. The standard InChI is InChI=1S/C38H70O4/c1-3-5-7-9-11-13-15-17-18-19-20-22-24-26-28-30-32-34-41-36-37(35-39)42-38(40)33-31-29-27-25-23-21-16-14-12-10-8-6-4-2/h6,8,12,14,21,23,37,39H,3-5,7,9-11,13,15-20,22,24-36H2,1-2H3/b8-6-,14-12-,23-21-. The van der Waals surface area contributed by atoms with Gasteiger partial charge >= 0.3 is 5.97 Å². The van der Waals surface area contributed by atoms with Crippen LogP contribution in [0.5, 0.6) is 0 Å². The van der Waals surface area contributed by atoms with Gasteiger partial charge in [0.2, 0.25) is 0 Å². The summed E-state index contributed by atoms with van der Waals surface area (Å²) in [4.78, 5) is 12.1. The molecule has 0 aliphatic carbocycles. The molecule has 0 amide bonds. The van der Waals surface area contributed by atoms with Gasteiger partial charge in [-0.15, -0.1) is 0 Å². The third-order valence-electron chi connectivity index (χ3n) is 7.73. The van der Waals surface area contributed by atoms with Gasteiger partial charge in [-0.3, -0.25) is 4.79 Å². The highest BCUT2D eigenvalue weighted by atomic mass is 16.6. The highest BCUT2D eigenvalue weighted by Gasteiger charge is 2.13. The van der Waals surface area contributed by atoms with E-state index in [1.165, 1.54) is 103 Å². The third kappa shape index (κ3) is 33.1. The first-order chi connectivity index (χ1) is 20.7. The molecule has 0 bridgehead atoms. The number of rotatable bonds is 33. The van der Waals surface area contributed by atoms with Gasteiger partial charge < -0.3 is 14.6 Å². The summed E-state index contributed by atoms with van der Waals surface area (Å²) >= 11 is 0. The van der Waals surface area contributed by atoms with Gasteiger partial charge in [0.05, 0.1) is 13.2 Å². The van der Waals surface area contributed by atoms with Gasteiger partial charge in [-0.05, 0) is 44.9 Å². The first kappa shape index (κ1) is 40.6. The Hall–Kier alpha value is -1.39. The zero-order valence-electron chi connectivity index (χ0n) is 28.0. The van der Waals surface area contributed by atoms with Crippen LogP contribution in [0, 0.1) is 0 Å². The van der Waals surface area contributed by atoms with E-state index in [4.69, 9.17) is 9.47 Å². The maximum Gasteiger partial charge on any atom is 0.306 e. The minimum atomic E-state index is -0.545. The van der Waals surface area contributed by atoms with Crippen molar-refractivity contribution in [1.29, 1.82) is 0 Å². The molecular weight excluding hydrogens is 520 g/mol. The van der Waals surface area contributed by atoms with Crippen LogP contribution in [0.15, 0.2) is 36.5 Å². The molecule has 0 aromatic carbocycles. The fourth-order valence-electron chi connectivity index (χ4n) is 5.05. The molecule has 1 atom stereocenters. The van der Waals surface area contributed by atoms with E-state index in [0.717, 1.165) is 51.4 Å². The molecule has 4 nitrogen and oxygen atoms in total. The molecule has 0 radical (unpaired) electrons. The van der Waals surface area contributed by atoms with Crippen molar-refractivity contribution in [3.8, 4) is 0 Å². The molecule has 1 unspecified atom stereocenters. The molecule has 0 heterocycles. The molecule has 0 aromatic rings. The summed E-state index contributed by atoms with van der Waals surface area (Å²) in [6.45, 7) is 5.21. The van der Waals surface area contributed by atoms with E-state index in [0.29, 0.717) is 13.0 Å². The number of carbonyl (C=O) groups is 1. The van der Waals surface area contributed by atoms with Crippen LogP contribution in [0.25, 0.3) is 0 Å². The largest absolute Gasteiger partial charge is 0.457 e. The van der Waals surface area contributed by atoms with Crippen LogP contribution < -0.4 is 0 Å². The van der Waals surface area contributed by atoms with Crippen molar-refractivity contribution < 1.29 is 19.4 Å². The molecule has 4 heteroatoms. The van der Waals surface area contributed by atoms with Crippen molar-refractivity contribution in [2.75, 3.05) is 19.8 Å². The Morgan fingerprint density at radius 3 is 1.60 bits per heavy atom. The Balaban J connectivity index is 3.45. The molecule has 0 rings (SSSR count). The number of unbranched alkanes of at least 4 members (excludes halogenated alkanes) is 19. The molecule has 0 saturated heterocycles. The molecule has 0 saturated carbocycles. The lowest BCUT2D eigenvalue weighted by Crippen LogP contribution is -2.27. The molecule has 246 valence electrons. The average molecular weight is 591 g/mol. The Labute approximate surface area is 261 Å². The summed E-state index contributed by atoms with van der Waals surface area (Å²) in [6, 6.07) is 0. The van der Waals surface area contributed by atoms with Gasteiger partial charge in [-0.1, -0.05) is 159 Å². The number of allylic oxidation sites excluding steroid dienone is 6. The number of carbonyl (C=O) groups excluding carboxylic acids is 1. The second-order valence-electron chi connectivity index (χ2n) is 11.9. The zero-order valence-corrected chi connectivity index (χ0v) is 28.0. The zero-order chi connectivity index (χ0) is 30.6. The van der Waals surface area contributed by atoms with Gasteiger partial charge in [-0.25, -0.2) is 0 Å². The first-order valence-electron chi connectivity index (χ1n) is 18.1. The highest BCUT2D eigenvalue weighted by molar-refractivity contribution is 5.69. The van der Waals surface area contributed by atoms with E-state index >= 15 is 0 Å². The first-order valence-corrected chi connectivity index (χ1v) is 18.1. The van der Waals surface area contributed by atoms with E-state index in [-0.39, 0.29) is 19.2 Å². The monoisotopic (exact) mass is 591 g/mol. The fourth-order valence-corrected chi connectivity index (χ4v) is 5.05. The fraction of sp³-hybridized carbons (Fsp3) is 0.816. The summed E-state index contributed by atoms with van der Waals surface area (Å²) < 4.78 is 11.1. The lowest BCUT2D eigenvalue weighted by atomic mass is 10.0. The van der Waals surface area contributed by atoms with Crippen LogP contribution in [-0.2, 0) is 14.3 Å². The molecular formula is C38H70O4. The van der Waals surface area contributed by atoms with Crippen LogP contribution in [0.2, 0.25) is 0 Å². The van der Waals surface area contributed by atoms with Crippen LogP contribution in [0.4, 0.5) is 0 Å². The van der Waals surface area contributed by atoms with Gasteiger partial charge in [-0.2, -0.15) is 0 Å². The number of aliphatic hydroxyl groups excluding tert-OH is 1. The van der Waals surface area contributed by atoms with Crippen LogP contribution >= 0.6 is 0 Å². The van der Waals surface area contributed by atoms with E-state index in [1.807, 2.05) is 0 Å². The van der Waals surface area contributed by atoms with Crippen LogP contribution in [-0.4, -0.2) is 37.0 Å². The number of aliphatic hydroxyl groups is 1. The molecule has 0 spiro atoms. The molecule has 1 N–H and O–H groups in total. The molecule has 0 aromatic heterocycles. The van der Waals surface area contributed by atoms with E-state index < -0.39 is 6.10 Å². The maximum absolute atomic E-state index is 12.1. The van der Waals surface area contributed by atoms with Crippen molar-refractivity contribution in [3.05, 3.63) is 36.5 Å². The lowest BCUT2D eigenvalue weighted by Gasteiger charge is -2.15. The third-order valence-corrected chi connectivity index (χ3v) is 7.73. The van der Waals surface area contributed by atoms with Gasteiger partial charge in [0.15, 0.2) is 0 Å². The van der Waals surface area contributed by atoms with Gasteiger partial charge in [0, 0.05) is 13.0 Å². The minimum absolute atomic E-state index is 0.182. The number of esters is 1. The summed E-state index contributed by atoms with van der Waals surface area (Å²) in [5.74, 6) is -0.228. The van der Waals surface area contributed by atoms with E-state index in [1.54, 1.807) is 0 Å². The summed E-state index contributed by atoms with van der Waals surface area (Å²) in [5.41, 5.74) is 0. The van der Waals surface area contributed by atoms with E-state index in [2.05, 4.69) is 50.3 Å². The quantitative estimate of drug-likeness (QED) is 0.0469. The Morgan fingerprint density at radius 2 is 1.07 bits per heavy atom. The average Bonchev–Trinajstić information content (AvgIpc) is 3.00. The normalized spacial score (nSPS) is 12.7. The SMILES string of the molecule is CC/C=C\C/C=C\C/C=C\CCCCCC(=O)OC(CO)COCCCCCCCCCCCCCCCCCCC. The number of hydrogen-bond donors (Lipinski definition) is 1. The molecule has 0 fully saturated rings. The maximum atomic E-state index is 12.1. The van der Waals surface area contributed by atoms with E-state index in [9.17, 15) is 9.90 Å². The Morgan fingerprint density at radius 1 is 0.595 bits per heavy atom. The van der Waals surface area contributed by atoms with Crippen molar-refractivity contribution in [3.63, 3.8) is 0 Å². The van der Waals surface area contributed by atoms with Crippen molar-refractivity contribution in [2.24, 2.45) is 0 Å². The van der Waals surface area contributed by atoms with Crippen molar-refractivity contribution in [1.82, 2.24) is 0 Å². The molecule has 0 aliphatic heterocycles. The predicted molar refractivity (Wildman–Crippen MR) is 182 cm³/mol. The number of hydrogen-bond acceptors (Lipinski definition) is 4. The van der Waals surface area contributed by atoms with Crippen LogP contribution in [0.3, 0.4) is 0 Å². The van der Waals surface area contributed by atoms with Crippen LogP contribution in [0.1, 0.15) is 174 Å². The Bertz CT molecular complexity index is 625. The van der Waals surface area contributed by atoms with Crippen molar-refractivity contribution >= 4 is 5.97 Å². The lowest BCUT2D eigenvalue weighted by molar-refractivity contribution is -0.154. The smallest absolute Gasteiger partial charge is 0.306 e. The van der Waals surface area contributed by atoms with Gasteiger partial charge in [0.1, 0.15) is 6.10 Å². The highest BCUT2D eigenvalue weighted by Crippen LogP contribution is 2.14. The Kier molecular flexibility index (Phi) is 34.6. The summed E-state index contributed by atoms with van der Waals surface area (Å²) in [6.07, 6.45) is 43.3. The summed E-state index contributed by atoms with van der Waals surface area (Å²) in [5, 5.41) is 9.54. The minimum Gasteiger partial charge on any atom is -0.457 e. The van der Waals surface area contributed by atoms with Gasteiger partial charge in [0.25, 0.3) is 0 Å². The predicted octanol–water partition coefficient (Wildman–Crippen LogP) is 11.4. The summed E-state index contributed by atoms with van der Waals surface area (Å²) in [7, 11) is 0. The van der Waals surface area contributed by atoms with Crippen molar-refractivity contribution in [2.45, 2.75) is 180 Å². The number of ether oxygens (including phenoxy) is 2. The molecule has 0 aliphatic rings. The molecule has 42 heavy (non-hydrogen) atoms.